The number of carbonyl (C=O) groups excluding carboxylic acids is 1. The Morgan fingerprint density at radius 3 is 2.38 bits per heavy atom. The van der Waals surface area contributed by atoms with E-state index in [1.807, 2.05) is 0 Å². The number of carboxylic acid groups (broad SMARTS) is 1. The first-order valence-electron chi connectivity index (χ1n) is 7.65. The van der Waals surface area contributed by atoms with Crippen molar-refractivity contribution in [3.05, 3.63) is 59.9 Å². The normalized spacial score (nSPS) is 12.4. The average Bonchev–Trinajstić information content (AvgIpc) is 2.60. The zero-order valence-electron chi connectivity index (χ0n) is 13.8. The molecule has 1 amide bonds. The number of benzene rings is 2. The fourth-order valence-corrected chi connectivity index (χ4v) is 3.43. The first-order chi connectivity index (χ1) is 12.2. The molecule has 0 fully saturated rings. The summed E-state index contributed by atoms with van der Waals surface area (Å²) in [5, 5.41) is 11.4. The molecule has 26 heavy (non-hydrogen) atoms. The molecule has 1 atom stereocenters. The molecule has 0 saturated heterocycles. The number of anilines is 1. The standard InChI is InChI=1S/C17H17FN2O5S/c1-2-15(20-26(24,25)14-8-6-12(18)7-9-14)16(21)19-13-5-3-4-11(10-13)17(22)23/h3-10,15,20H,2H2,1H3,(H,19,21)(H,22,23). The number of carboxylic acids is 1. The van der Waals surface area contributed by atoms with Crippen LogP contribution in [0.15, 0.2) is 53.4 Å². The summed E-state index contributed by atoms with van der Waals surface area (Å²) in [6, 6.07) is 8.71. The lowest BCUT2D eigenvalue weighted by molar-refractivity contribution is -0.117. The van der Waals surface area contributed by atoms with Crippen molar-refractivity contribution in [1.82, 2.24) is 4.72 Å². The number of amides is 1. The Hall–Kier alpha value is -2.78. The maximum absolute atomic E-state index is 12.9. The number of sulfonamides is 1. The van der Waals surface area contributed by atoms with Crippen LogP contribution in [0.3, 0.4) is 0 Å². The van der Waals surface area contributed by atoms with Gasteiger partial charge >= 0.3 is 5.97 Å². The van der Waals surface area contributed by atoms with Gasteiger partial charge in [-0.3, -0.25) is 4.79 Å². The van der Waals surface area contributed by atoms with Crippen LogP contribution >= 0.6 is 0 Å². The average molecular weight is 380 g/mol. The molecule has 2 aromatic rings. The molecule has 2 rings (SSSR count). The highest BCUT2D eigenvalue weighted by atomic mass is 32.2. The number of hydrogen-bond acceptors (Lipinski definition) is 4. The third kappa shape index (κ3) is 4.87. The Balaban J connectivity index is 2.14. The molecule has 3 N–H and O–H groups in total. The van der Waals surface area contributed by atoms with E-state index in [2.05, 4.69) is 10.0 Å². The zero-order valence-corrected chi connectivity index (χ0v) is 14.6. The summed E-state index contributed by atoms with van der Waals surface area (Å²) < 4.78 is 39.8. The van der Waals surface area contributed by atoms with Crippen LogP contribution in [-0.4, -0.2) is 31.4 Å². The molecule has 0 saturated carbocycles. The third-order valence-electron chi connectivity index (χ3n) is 3.52. The SMILES string of the molecule is CCC(NS(=O)(=O)c1ccc(F)cc1)C(=O)Nc1cccc(C(=O)O)c1. The third-order valence-corrected chi connectivity index (χ3v) is 5.01. The summed E-state index contributed by atoms with van der Waals surface area (Å²) >= 11 is 0. The van der Waals surface area contributed by atoms with E-state index in [0.717, 1.165) is 24.3 Å². The maximum atomic E-state index is 12.9. The van der Waals surface area contributed by atoms with Gasteiger partial charge in [-0.05, 0) is 48.9 Å². The Morgan fingerprint density at radius 2 is 1.81 bits per heavy atom. The van der Waals surface area contributed by atoms with Gasteiger partial charge in [0.25, 0.3) is 0 Å². The van der Waals surface area contributed by atoms with Crippen molar-refractivity contribution in [1.29, 1.82) is 0 Å². The first-order valence-corrected chi connectivity index (χ1v) is 9.13. The lowest BCUT2D eigenvalue weighted by atomic mass is 10.2. The van der Waals surface area contributed by atoms with Crippen molar-refractivity contribution < 1.29 is 27.5 Å². The predicted molar refractivity (Wildman–Crippen MR) is 92.8 cm³/mol. The molecular weight excluding hydrogens is 363 g/mol. The lowest BCUT2D eigenvalue weighted by Gasteiger charge is -2.17. The molecule has 138 valence electrons. The van der Waals surface area contributed by atoms with Gasteiger partial charge in [0.05, 0.1) is 10.5 Å². The molecule has 0 aliphatic heterocycles. The molecular formula is C17H17FN2O5S. The summed E-state index contributed by atoms with van der Waals surface area (Å²) in [6.07, 6.45) is 0.158. The van der Waals surface area contributed by atoms with Crippen LogP contribution in [0.5, 0.6) is 0 Å². The molecule has 9 heteroatoms. The second-order valence-corrected chi connectivity index (χ2v) is 7.13. The summed E-state index contributed by atoms with van der Waals surface area (Å²) in [6.45, 7) is 1.62. The Morgan fingerprint density at radius 1 is 1.15 bits per heavy atom. The van der Waals surface area contributed by atoms with E-state index in [4.69, 9.17) is 5.11 Å². The Labute approximate surface area is 149 Å². The van der Waals surface area contributed by atoms with Crippen LogP contribution in [0, 0.1) is 5.82 Å². The fourth-order valence-electron chi connectivity index (χ4n) is 2.15. The molecule has 1 unspecified atom stereocenters. The van der Waals surface area contributed by atoms with E-state index in [0.29, 0.717) is 0 Å². The summed E-state index contributed by atoms with van der Waals surface area (Å²) in [7, 11) is -4.02. The fraction of sp³-hybridized carbons (Fsp3) is 0.176. The van der Waals surface area contributed by atoms with Crippen molar-refractivity contribution in [2.75, 3.05) is 5.32 Å². The largest absolute Gasteiger partial charge is 0.478 e. The van der Waals surface area contributed by atoms with Gasteiger partial charge in [0.2, 0.25) is 15.9 Å². The van der Waals surface area contributed by atoms with E-state index >= 15 is 0 Å². The van der Waals surface area contributed by atoms with E-state index in [9.17, 15) is 22.4 Å². The van der Waals surface area contributed by atoms with Gasteiger partial charge in [-0.2, -0.15) is 4.72 Å². The van der Waals surface area contributed by atoms with Gasteiger partial charge < -0.3 is 10.4 Å². The molecule has 0 bridgehead atoms. The van der Waals surface area contributed by atoms with Crippen molar-refractivity contribution in [3.63, 3.8) is 0 Å². The highest BCUT2D eigenvalue weighted by Crippen LogP contribution is 2.14. The minimum absolute atomic E-state index is 0.0114. The molecule has 0 radical (unpaired) electrons. The van der Waals surface area contributed by atoms with E-state index < -0.39 is 33.8 Å². The highest BCUT2D eigenvalue weighted by molar-refractivity contribution is 7.89. The lowest BCUT2D eigenvalue weighted by Crippen LogP contribution is -2.43. The van der Waals surface area contributed by atoms with Crippen LogP contribution in [0.1, 0.15) is 23.7 Å². The van der Waals surface area contributed by atoms with Gasteiger partial charge in [-0.1, -0.05) is 13.0 Å². The monoisotopic (exact) mass is 380 g/mol. The van der Waals surface area contributed by atoms with Gasteiger partial charge in [-0.15, -0.1) is 0 Å². The summed E-state index contributed by atoms with van der Waals surface area (Å²) in [4.78, 5) is 23.1. The van der Waals surface area contributed by atoms with Gasteiger partial charge in [0, 0.05) is 5.69 Å². The second-order valence-electron chi connectivity index (χ2n) is 5.41. The van der Waals surface area contributed by atoms with Crippen molar-refractivity contribution in [3.8, 4) is 0 Å². The minimum atomic E-state index is -4.02. The number of nitrogens with one attached hydrogen (secondary N) is 2. The summed E-state index contributed by atoms with van der Waals surface area (Å²) in [5.41, 5.74) is 0.220. The topological polar surface area (TPSA) is 113 Å². The van der Waals surface area contributed by atoms with Crippen LogP contribution in [-0.2, 0) is 14.8 Å². The van der Waals surface area contributed by atoms with E-state index in [1.165, 1.54) is 24.3 Å². The van der Waals surface area contributed by atoms with Crippen LogP contribution in [0.2, 0.25) is 0 Å². The molecule has 0 spiro atoms. The van der Waals surface area contributed by atoms with E-state index in [-0.39, 0.29) is 22.6 Å². The molecule has 0 aliphatic carbocycles. The first kappa shape index (κ1) is 19.5. The number of aromatic carboxylic acids is 1. The number of rotatable bonds is 7. The molecule has 2 aromatic carbocycles. The molecule has 0 aliphatic rings. The molecule has 7 nitrogen and oxygen atoms in total. The number of carbonyl (C=O) groups is 2. The quantitative estimate of drug-likeness (QED) is 0.682. The van der Waals surface area contributed by atoms with Gasteiger partial charge in [0.15, 0.2) is 0 Å². The number of halogens is 1. The van der Waals surface area contributed by atoms with Crippen LogP contribution < -0.4 is 10.0 Å². The highest BCUT2D eigenvalue weighted by Gasteiger charge is 2.24. The van der Waals surface area contributed by atoms with Crippen molar-refractivity contribution >= 4 is 27.6 Å². The molecule has 0 aromatic heterocycles. The smallest absolute Gasteiger partial charge is 0.335 e. The maximum Gasteiger partial charge on any atom is 0.335 e. The predicted octanol–water partition coefficient (Wildman–Crippen LogP) is 2.22. The second kappa shape index (κ2) is 8.07. The van der Waals surface area contributed by atoms with Crippen molar-refractivity contribution in [2.24, 2.45) is 0 Å². The van der Waals surface area contributed by atoms with E-state index in [1.54, 1.807) is 6.92 Å². The van der Waals surface area contributed by atoms with Gasteiger partial charge in [-0.25, -0.2) is 17.6 Å². The van der Waals surface area contributed by atoms with Crippen molar-refractivity contribution in [2.45, 2.75) is 24.3 Å². The Bertz CT molecular complexity index is 913. The Kier molecular flexibility index (Phi) is 6.06. The number of hydrogen-bond donors (Lipinski definition) is 3. The van der Waals surface area contributed by atoms with Crippen LogP contribution in [0.25, 0.3) is 0 Å². The summed E-state index contributed by atoms with van der Waals surface area (Å²) in [5.74, 6) is -2.36. The van der Waals surface area contributed by atoms with Crippen LogP contribution in [0.4, 0.5) is 10.1 Å². The van der Waals surface area contributed by atoms with Gasteiger partial charge in [0.1, 0.15) is 11.9 Å². The molecule has 0 heterocycles. The minimum Gasteiger partial charge on any atom is -0.478 e. The zero-order chi connectivity index (χ0) is 19.3.